The number of carbonyl (C=O) groups excluding carboxylic acids is 1. The molecule has 21 heavy (non-hydrogen) atoms. The Balaban J connectivity index is 1.96. The van der Waals surface area contributed by atoms with Crippen LogP contribution in [-0.2, 0) is 4.79 Å². The molecule has 2 atom stereocenters. The highest BCUT2D eigenvalue weighted by molar-refractivity contribution is 7.14. The molecule has 3 N–H and O–H groups in total. The second kappa shape index (κ2) is 7.02. The Bertz CT molecular complexity index is 645. The minimum absolute atomic E-state index is 0.0864. The van der Waals surface area contributed by atoms with Gasteiger partial charge in [-0.1, -0.05) is 30.3 Å². The van der Waals surface area contributed by atoms with Crippen LogP contribution in [0.2, 0.25) is 0 Å². The molecular formula is C16H18N3OS+. The first-order chi connectivity index (χ1) is 10.1. The SMILES string of the molecule is C[C@H]([NH2+][C@H](C)c1ccccc1)C(=O)Nc1sccc1C#N. The average Bonchev–Trinajstić information content (AvgIpc) is 2.95. The Morgan fingerprint density at radius 2 is 2.00 bits per heavy atom. The van der Waals surface area contributed by atoms with Crippen molar-refractivity contribution in [3.05, 3.63) is 52.9 Å². The van der Waals surface area contributed by atoms with E-state index in [-0.39, 0.29) is 18.0 Å². The monoisotopic (exact) mass is 300 g/mol. The van der Waals surface area contributed by atoms with Crippen molar-refractivity contribution < 1.29 is 10.1 Å². The summed E-state index contributed by atoms with van der Waals surface area (Å²) in [6.07, 6.45) is 0. The van der Waals surface area contributed by atoms with Gasteiger partial charge in [0.05, 0.1) is 5.56 Å². The standard InChI is InChI=1S/C16H17N3OS/c1-11(13-6-4-3-5-7-13)18-12(2)15(20)19-16-14(10-17)8-9-21-16/h3-9,11-12,18H,1-2H3,(H,19,20)/p+1/t11-,12+/m1/s1. The quantitative estimate of drug-likeness (QED) is 0.889. The van der Waals surface area contributed by atoms with Crippen LogP contribution in [0.1, 0.15) is 31.0 Å². The fourth-order valence-corrected chi connectivity index (χ4v) is 2.85. The summed E-state index contributed by atoms with van der Waals surface area (Å²) in [6.45, 7) is 3.94. The maximum atomic E-state index is 12.2. The molecule has 108 valence electrons. The van der Waals surface area contributed by atoms with Crippen molar-refractivity contribution in [2.75, 3.05) is 5.32 Å². The maximum absolute atomic E-state index is 12.2. The van der Waals surface area contributed by atoms with Crippen LogP contribution in [0.25, 0.3) is 0 Å². The molecule has 1 heterocycles. The highest BCUT2D eigenvalue weighted by atomic mass is 32.1. The normalized spacial score (nSPS) is 13.2. The second-order valence-corrected chi connectivity index (χ2v) is 5.86. The van der Waals surface area contributed by atoms with E-state index in [1.54, 1.807) is 11.4 Å². The molecule has 0 saturated carbocycles. The van der Waals surface area contributed by atoms with Crippen LogP contribution in [-0.4, -0.2) is 11.9 Å². The summed E-state index contributed by atoms with van der Waals surface area (Å²) in [5.41, 5.74) is 1.70. The lowest BCUT2D eigenvalue weighted by molar-refractivity contribution is -0.709. The number of benzene rings is 1. The van der Waals surface area contributed by atoms with Gasteiger partial charge in [-0.3, -0.25) is 4.79 Å². The molecule has 0 spiro atoms. The van der Waals surface area contributed by atoms with E-state index in [1.807, 2.05) is 30.4 Å². The Labute approximate surface area is 128 Å². The summed E-state index contributed by atoms with van der Waals surface area (Å²) >= 11 is 1.37. The Morgan fingerprint density at radius 3 is 2.67 bits per heavy atom. The summed E-state index contributed by atoms with van der Waals surface area (Å²) in [7, 11) is 0. The molecule has 0 saturated heterocycles. The average molecular weight is 300 g/mol. The highest BCUT2D eigenvalue weighted by Crippen LogP contribution is 2.22. The molecule has 2 rings (SSSR count). The van der Waals surface area contributed by atoms with Crippen LogP contribution in [0.4, 0.5) is 5.00 Å². The molecule has 0 aliphatic carbocycles. The summed E-state index contributed by atoms with van der Waals surface area (Å²) in [4.78, 5) is 12.2. The number of rotatable bonds is 5. The lowest BCUT2D eigenvalue weighted by atomic mass is 10.1. The molecule has 0 aliphatic heterocycles. The predicted octanol–water partition coefficient (Wildman–Crippen LogP) is 2.27. The molecule has 5 heteroatoms. The van der Waals surface area contributed by atoms with Crippen LogP contribution >= 0.6 is 11.3 Å². The van der Waals surface area contributed by atoms with E-state index in [1.165, 1.54) is 16.9 Å². The fraction of sp³-hybridized carbons (Fsp3) is 0.250. The van der Waals surface area contributed by atoms with E-state index in [9.17, 15) is 4.79 Å². The molecule has 0 aliphatic rings. The molecule has 1 aromatic heterocycles. The second-order valence-electron chi connectivity index (χ2n) is 4.94. The van der Waals surface area contributed by atoms with Gasteiger partial charge in [0.15, 0.2) is 6.04 Å². The lowest BCUT2D eigenvalue weighted by Crippen LogP contribution is -2.91. The smallest absolute Gasteiger partial charge is 0.282 e. The summed E-state index contributed by atoms with van der Waals surface area (Å²) < 4.78 is 0. The van der Waals surface area contributed by atoms with Crippen molar-refractivity contribution in [2.45, 2.75) is 25.9 Å². The maximum Gasteiger partial charge on any atom is 0.282 e. The van der Waals surface area contributed by atoms with Crippen molar-refractivity contribution >= 4 is 22.2 Å². The number of hydrogen-bond donors (Lipinski definition) is 2. The topological polar surface area (TPSA) is 69.5 Å². The molecule has 1 amide bonds. The van der Waals surface area contributed by atoms with Crippen molar-refractivity contribution in [3.8, 4) is 6.07 Å². The Hall–Kier alpha value is -2.16. The zero-order valence-electron chi connectivity index (χ0n) is 12.0. The largest absolute Gasteiger partial charge is 0.330 e. The predicted molar refractivity (Wildman–Crippen MR) is 83.9 cm³/mol. The number of nitriles is 1. The van der Waals surface area contributed by atoms with E-state index in [4.69, 9.17) is 5.26 Å². The van der Waals surface area contributed by atoms with E-state index in [0.29, 0.717) is 10.6 Å². The number of anilines is 1. The molecule has 2 aromatic rings. The van der Waals surface area contributed by atoms with Gasteiger partial charge in [0.2, 0.25) is 0 Å². The summed E-state index contributed by atoms with van der Waals surface area (Å²) in [5, 5.41) is 16.2. The number of amides is 1. The fourth-order valence-electron chi connectivity index (χ4n) is 2.11. The Kier molecular flexibility index (Phi) is 5.09. The molecule has 0 bridgehead atoms. The van der Waals surface area contributed by atoms with Gasteiger partial charge >= 0.3 is 0 Å². The first-order valence-corrected chi connectivity index (χ1v) is 7.68. The van der Waals surface area contributed by atoms with Crippen molar-refractivity contribution in [3.63, 3.8) is 0 Å². The van der Waals surface area contributed by atoms with Crippen molar-refractivity contribution in [1.82, 2.24) is 0 Å². The van der Waals surface area contributed by atoms with Crippen LogP contribution in [0, 0.1) is 11.3 Å². The van der Waals surface area contributed by atoms with Gasteiger partial charge in [0, 0.05) is 5.56 Å². The van der Waals surface area contributed by atoms with Gasteiger partial charge in [-0.25, -0.2) is 0 Å². The summed E-state index contributed by atoms with van der Waals surface area (Å²) in [5.74, 6) is -0.0864. The third-order valence-electron chi connectivity index (χ3n) is 3.34. The lowest BCUT2D eigenvalue weighted by Gasteiger charge is -2.16. The minimum Gasteiger partial charge on any atom is -0.330 e. The summed E-state index contributed by atoms with van der Waals surface area (Å²) in [6, 6.07) is 13.8. The van der Waals surface area contributed by atoms with E-state index >= 15 is 0 Å². The van der Waals surface area contributed by atoms with Crippen molar-refractivity contribution in [1.29, 1.82) is 5.26 Å². The van der Waals surface area contributed by atoms with Crippen LogP contribution in [0.5, 0.6) is 0 Å². The molecule has 4 nitrogen and oxygen atoms in total. The number of nitrogens with two attached hydrogens (primary N) is 1. The molecule has 1 aromatic carbocycles. The third-order valence-corrected chi connectivity index (χ3v) is 4.17. The highest BCUT2D eigenvalue weighted by Gasteiger charge is 2.21. The number of nitrogens with one attached hydrogen (secondary N) is 1. The van der Waals surface area contributed by atoms with Crippen LogP contribution in [0.15, 0.2) is 41.8 Å². The first-order valence-electron chi connectivity index (χ1n) is 6.80. The number of nitrogens with zero attached hydrogens (tertiary/aromatic N) is 1. The molecule has 0 unspecified atom stereocenters. The number of quaternary nitrogens is 1. The Morgan fingerprint density at radius 1 is 1.29 bits per heavy atom. The molecule has 0 radical (unpaired) electrons. The van der Waals surface area contributed by atoms with Crippen LogP contribution < -0.4 is 10.6 Å². The number of carbonyl (C=O) groups is 1. The molecule has 0 fully saturated rings. The van der Waals surface area contributed by atoms with Gasteiger partial charge in [0.1, 0.15) is 17.1 Å². The van der Waals surface area contributed by atoms with E-state index in [0.717, 1.165) is 0 Å². The van der Waals surface area contributed by atoms with Gasteiger partial charge in [-0.15, -0.1) is 11.3 Å². The van der Waals surface area contributed by atoms with Gasteiger partial charge in [-0.2, -0.15) is 5.26 Å². The van der Waals surface area contributed by atoms with E-state index < -0.39 is 0 Å². The first kappa shape index (κ1) is 15.2. The van der Waals surface area contributed by atoms with E-state index in [2.05, 4.69) is 30.4 Å². The van der Waals surface area contributed by atoms with Gasteiger partial charge in [0.25, 0.3) is 5.91 Å². The van der Waals surface area contributed by atoms with Gasteiger partial charge < -0.3 is 10.6 Å². The minimum atomic E-state index is -0.228. The van der Waals surface area contributed by atoms with Gasteiger partial charge in [-0.05, 0) is 25.3 Å². The number of hydrogen-bond acceptors (Lipinski definition) is 3. The zero-order valence-corrected chi connectivity index (χ0v) is 12.9. The van der Waals surface area contributed by atoms with Crippen LogP contribution in [0.3, 0.4) is 0 Å². The molecular weight excluding hydrogens is 282 g/mol. The third kappa shape index (κ3) is 3.91. The number of thiophene rings is 1. The zero-order chi connectivity index (χ0) is 15.2. The van der Waals surface area contributed by atoms with Crippen molar-refractivity contribution in [2.24, 2.45) is 0 Å².